The third-order valence-corrected chi connectivity index (χ3v) is 6.58. The van der Waals surface area contributed by atoms with Gasteiger partial charge < -0.3 is 9.84 Å². The molecule has 0 saturated heterocycles. The second kappa shape index (κ2) is 6.43. The van der Waals surface area contributed by atoms with Gasteiger partial charge in [0.2, 0.25) is 17.6 Å². The summed E-state index contributed by atoms with van der Waals surface area (Å²) in [5.41, 5.74) is 0.740. The maximum atomic E-state index is 13.0. The summed E-state index contributed by atoms with van der Waals surface area (Å²) in [6.07, 6.45) is 8.33. The van der Waals surface area contributed by atoms with Gasteiger partial charge in [0.25, 0.3) is 0 Å². The molecule has 2 aromatic rings. The number of carbonyl (C=O) groups is 1. The first kappa shape index (κ1) is 16.9. The van der Waals surface area contributed by atoms with E-state index in [0.29, 0.717) is 30.1 Å². The highest BCUT2D eigenvalue weighted by molar-refractivity contribution is 5.77. The molecule has 1 aromatic heterocycles. The highest BCUT2D eigenvalue weighted by atomic mass is 19.1. The van der Waals surface area contributed by atoms with Crippen LogP contribution in [0.15, 0.2) is 28.8 Å². The van der Waals surface area contributed by atoms with E-state index >= 15 is 0 Å². The summed E-state index contributed by atoms with van der Waals surface area (Å²) in [6.45, 7) is 0. The zero-order valence-corrected chi connectivity index (χ0v) is 15.3. The van der Waals surface area contributed by atoms with E-state index in [0.717, 1.165) is 37.0 Å². The Bertz CT molecular complexity index is 810. The molecule has 5 nitrogen and oxygen atoms in total. The van der Waals surface area contributed by atoms with Gasteiger partial charge in [-0.1, -0.05) is 5.16 Å². The Kier molecular flexibility index (Phi) is 4.02. The van der Waals surface area contributed by atoms with Gasteiger partial charge in [0.05, 0.1) is 0 Å². The molecule has 6 heteroatoms. The number of amides is 1. The average Bonchev–Trinajstić information content (AvgIpc) is 3.08. The van der Waals surface area contributed by atoms with E-state index in [2.05, 4.69) is 15.5 Å². The van der Waals surface area contributed by atoms with E-state index in [9.17, 15) is 9.18 Å². The Balaban J connectivity index is 1.19. The number of halogens is 1. The van der Waals surface area contributed by atoms with E-state index in [1.54, 1.807) is 12.1 Å². The van der Waals surface area contributed by atoms with E-state index in [1.807, 2.05) is 0 Å². The van der Waals surface area contributed by atoms with Gasteiger partial charge in [-0.15, -0.1) is 0 Å². The van der Waals surface area contributed by atoms with Gasteiger partial charge in [-0.25, -0.2) is 4.39 Å². The van der Waals surface area contributed by atoms with Crippen molar-refractivity contribution in [2.45, 2.75) is 56.9 Å². The predicted octanol–water partition coefficient (Wildman–Crippen LogP) is 3.89. The van der Waals surface area contributed by atoms with Gasteiger partial charge in [-0.2, -0.15) is 4.98 Å². The molecule has 0 spiro atoms. The lowest BCUT2D eigenvalue weighted by atomic mass is 9.53. The number of nitrogens with zero attached hydrogens (tertiary/aromatic N) is 2. The minimum atomic E-state index is -0.302. The molecule has 0 radical (unpaired) electrons. The molecule has 1 amide bonds. The van der Waals surface area contributed by atoms with Gasteiger partial charge in [-0.3, -0.25) is 4.79 Å². The summed E-state index contributed by atoms with van der Waals surface area (Å²) in [5, 5.41) is 7.30. The molecule has 4 aliphatic carbocycles. The van der Waals surface area contributed by atoms with Gasteiger partial charge >= 0.3 is 0 Å². The van der Waals surface area contributed by atoms with Crippen LogP contribution in [0.4, 0.5) is 4.39 Å². The molecule has 4 saturated carbocycles. The van der Waals surface area contributed by atoms with Crippen molar-refractivity contribution in [1.29, 1.82) is 0 Å². The molecule has 4 bridgehead atoms. The number of hydrogen-bond donors (Lipinski definition) is 1. The maximum Gasteiger partial charge on any atom is 0.227 e. The number of nitrogens with one attached hydrogen (secondary N) is 1. The normalized spacial score (nSPS) is 31.2. The van der Waals surface area contributed by atoms with Crippen LogP contribution in [0.5, 0.6) is 0 Å². The zero-order chi connectivity index (χ0) is 18.4. The average molecular weight is 369 g/mol. The van der Waals surface area contributed by atoms with Gasteiger partial charge in [0.15, 0.2) is 0 Å². The summed E-state index contributed by atoms with van der Waals surface area (Å²) in [7, 11) is 0. The fourth-order valence-corrected chi connectivity index (χ4v) is 5.92. The SMILES string of the molecule is O=C(CCc1nc(-c2ccc(F)cc2)no1)NC12CC3CC(CC(C3)C1)C2. The monoisotopic (exact) mass is 369 g/mol. The molecular formula is C21H24FN3O2. The molecule has 27 heavy (non-hydrogen) atoms. The maximum absolute atomic E-state index is 13.0. The summed E-state index contributed by atoms with van der Waals surface area (Å²) in [4.78, 5) is 16.9. The Morgan fingerprint density at radius 3 is 2.37 bits per heavy atom. The number of rotatable bonds is 5. The van der Waals surface area contributed by atoms with E-state index < -0.39 is 0 Å². The first-order chi connectivity index (χ1) is 13.1. The standard InChI is InChI=1S/C21H24FN3O2/c22-17-3-1-16(2-4-17)20-23-19(27-25-20)6-5-18(26)24-21-10-13-7-14(11-21)9-15(8-13)12-21/h1-4,13-15H,5-12H2,(H,24,26). The third-order valence-electron chi connectivity index (χ3n) is 6.58. The number of carbonyl (C=O) groups excluding carboxylic acids is 1. The summed E-state index contributed by atoms with van der Waals surface area (Å²) in [6, 6.07) is 5.96. The molecule has 0 unspecified atom stereocenters. The molecule has 0 atom stereocenters. The van der Waals surface area contributed by atoms with Crippen molar-refractivity contribution in [3.05, 3.63) is 36.0 Å². The van der Waals surface area contributed by atoms with Crippen LogP contribution in [0.25, 0.3) is 11.4 Å². The molecule has 1 N–H and O–H groups in total. The van der Waals surface area contributed by atoms with Crippen LogP contribution >= 0.6 is 0 Å². The number of aryl methyl sites for hydroxylation is 1. The van der Waals surface area contributed by atoms with Crippen LogP contribution in [0, 0.1) is 23.6 Å². The number of hydrogen-bond acceptors (Lipinski definition) is 4. The molecule has 142 valence electrons. The highest BCUT2D eigenvalue weighted by Crippen LogP contribution is 2.55. The van der Waals surface area contributed by atoms with Crippen molar-refractivity contribution in [3.8, 4) is 11.4 Å². The summed E-state index contributed by atoms with van der Waals surface area (Å²) in [5.74, 6) is 3.08. The van der Waals surface area contributed by atoms with Crippen molar-refractivity contribution in [2.75, 3.05) is 0 Å². The van der Waals surface area contributed by atoms with Crippen molar-refractivity contribution in [2.24, 2.45) is 17.8 Å². The van der Waals surface area contributed by atoms with E-state index in [1.165, 1.54) is 31.4 Å². The Morgan fingerprint density at radius 1 is 1.11 bits per heavy atom. The van der Waals surface area contributed by atoms with E-state index in [-0.39, 0.29) is 17.3 Å². The van der Waals surface area contributed by atoms with Crippen molar-refractivity contribution in [3.63, 3.8) is 0 Å². The summed E-state index contributed by atoms with van der Waals surface area (Å²) >= 11 is 0. The van der Waals surface area contributed by atoms with Crippen LogP contribution in [0.1, 0.15) is 50.8 Å². The second-order valence-corrected chi connectivity index (χ2v) is 8.76. The van der Waals surface area contributed by atoms with Crippen LogP contribution in [-0.4, -0.2) is 21.6 Å². The summed E-state index contributed by atoms with van der Waals surface area (Å²) < 4.78 is 18.3. The minimum Gasteiger partial charge on any atom is -0.351 e. The predicted molar refractivity (Wildman–Crippen MR) is 97.1 cm³/mol. The van der Waals surface area contributed by atoms with Crippen LogP contribution < -0.4 is 5.32 Å². The van der Waals surface area contributed by atoms with Crippen LogP contribution in [0.2, 0.25) is 0 Å². The lowest BCUT2D eigenvalue weighted by Crippen LogP contribution is -2.59. The third kappa shape index (κ3) is 3.37. The molecule has 1 heterocycles. The Hall–Kier alpha value is -2.24. The lowest BCUT2D eigenvalue weighted by molar-refractivity contribution is -0.126. The highest BCUT2D eigenvalue weighted by Gasteiger charge is 2.51. The Morgan fingerprint density at radius 2 is 1.74 bits per heavy atom. The first-order valence-electron chi connectivity index (χ1n) is 9.96. The molecule has 4 fully saturated rings. The minimum absolute atomic E-state index is 0.0416. The number of benzene rings is 1. The molecule has 0 aliphatic heterocycles. The van der Waals surface area contributed by atoms with Crippen LogP contribution in [-0.2, 0) is 11.2 Å². The molecular weight excluding hydrogens is 345 g/mol. The fraction of sp³-hybridized carbons (Fsp3) is 0.571. The first-order valence-corrected chi connectivity index (χ1v) is 9.96. The second-order valence-electron chi connectivity index (χ2n) is 8.76. The van der Waals surface area contributed by atoms with Crippen LogP contribution in [0.3, 0.4) is 0 Å². The molecule has 1 aromatic carbocycles. The van der Waals surface area contributed by atoms with Crippen molar-refractivity contribution < 1.29 is 13.7 Å². The smallest absolute Gasteiger partial charge is 0.227 e. The lowest BCUT2D eigenvalue weighted by Gasteiger charge is -2.56. The largest absolute Gasteiger partial charge is 0.351 e. The van der Waals surface area contributed by atoms with Gasteiger partial charge in [-0.05, 0) is 80.5 Å². The quantitative estimate of drug-likeness (QED) is 0.868. The van der Waals surface area contributed by atoms with Gasteiger partial charge in [0.1, 0.15) is 5.82 Å². The fourth-order valence-electron chi connectivity index (χ4n) is 5.92. The van der Waals surface area contributed by atoms with Crippen molar-refractivity contribution >= 4 is 5.91 Å². The number of aromatic nitrogens is 2. The Labute approximate surface area is 157 Å². The molecule has 4 aliphatic rings. The van der Waals surface area contributed by atoms with Gasteiger partial charge in [0, 0.05) is 23.9 Å². The topological polar surface area (TPSA) is 68.0 Å². The van der Waals surface area contributed by atoms with E-state index in [4.69, 9.17) is 4.52 Å². The molecule has 6 rings (SSSR count). The van der Waals surface area contributed by atoms with Crippen molar-refractivity contribution in [1.82, 2.24) is 15.5 Å². The zero-order valence-electron chi connectivity index (χ0n) is 15.3.